The van der Waals surface area contributed by atoms with Crippen LogP contribution in [0.5, 0.6) is 0 Å². The molecule has 4 rings (SSSR count). The third kappa shape index (κ3) is 2.70. The number of carbonyl (C=O) groups excluding carboxylic acids is 1. The zero-order valence-corrected chi connectivity index (χ0v) is 14.0. The molecule has 26 heavy (non-hydrogen) atoms. The molecular weight excluding hydrogens is 357 g/mol. The van der Waals surface area contributed by atoms with E-state index in [1.807, 2.05) is 0 Å². The molecule has 0 atom stereocenters. The van der Waals surface area contributed by atoms with Gasteiger partial charge in [0, 0.05) is 23.2 Å². The molecule has 0 fully saturated rings. The van der Waals surface area contributed by atoms with Crippen molar-refractivity contribution in [3.63, 3.8) is 0 Å². The number of benzene rings is 2. The summed E-state index contributed by atoms with van der Waals surface area (Å²) < 4.78 is 13.5. The Morgan fingerprint density at radius 1 is 1.15 bits per heavy atom. The maximum absolute atomic E-state index is 13.5. The Morgan fingerprint density at radius 2 is 2.00 bits per heavy atom. The highest BCUT2D eigenvalue weighted by molar-refractivity contribution is 6.35. The normalized spacial score (nSPS) is 11.0. The zero-order chi connectivity index (χ0) is 18.3. The van der Waals surface area contributed by atoms with E-state index in [4.69, 9.17) is 11.6 Å². The van der Waals surface area contributed by atoms with Crippen LogP contribution in [0.25, 0.3) is 21.8 Å². The highest BCUT2D eigenvalue weighted by Gasteiger charge is 2.15. The number of nitrogens with zero attached hydrogens (tertiary/aromatic N) is 1. The van der Waals surface area contributed by atoms with Crippen LogP contribution in [0, 0.1) is 5.82 Å². The minimum Gasteiger partial charge on any atom is -0.359 e. The summed E-state index contributed by atoms with van der Waals surface area (Å²) in [4.78, 5) is 32.2. The third-order valence-corrected chi connectivity index (χ3v) is 4.38. The van der Waals surface area contributed by atoms with Crippen LogP contribution < -0.4 is 10.7 Å². The summed E-state index contributed by atoms with van der Waals surface area (Å²) >= 11 is 6.06. The van der Waals surface area contributed by atoms with Crippen LogP contribution in [-0.4, -0.2) is 15.9 Å². The van der Waals surface area contributed by atoms with Gasteiger partial charge in [-0.05, 0) is 36.4 Å². The largest absolute Gasteiger partial charge is 0.359 e. The Kier molecular flexibility index (Phi) is 3.89. The molecule has 0 aliphatic heterocycles. The van der Waals surface area contributed by atoms with Crippen molar-refractivity contribution in [2.24, 2.45) is 0 Å². The first kappa shape index (κ1) is 16.2. The monoisotopic (exact) mass is 367 g/mol. The molecular formula is C19H11ClFN3O2. The van der Waals surface area contributed by atoms with Gasteiger partial charge in [-0.1, -0.05) is 17.7 Å². The Balaban J connectivity index is 1.78. The maximum atomic E-state index is 13.5. The van der Waals surface area contributed by atoms with Crippen LogP contribution in [-0.2, 0) is 0 Å². The van der Waals surface area contributed by atoms with Crippen LogP contribution in [0.1, 0.15) is 10.4 Å². The lowest BCUT2D eigenvalue weighted by Gasteiger charge is -2.09. The number of pyridine rings is 2. The molecule has 5 nitrogen and oxygen atoms in total. The van der Waals surface area contributed by atoms with E-state index in [9.17, 15) is 14.0 Å². The van der Waals surface area contributed by atoms with Gasteiger partial charge in [0.15, 0.2) is 0 Å². The predicted molar refractivity (Wildman–Crippen MR) is 99.2 cm³/mol. The van der Waals surface area contributed by atoms with Gasteiger partial charge in [0.05, 0.1) is 21.7 Å². The smallest absolute Gasteiger partial charge is 0.261 e. The van der Waals surface area contributed by atoms with Crippen LogP contribution in [0.15, 0.2) is 59.7 Å². The molecule has 0 spiro atoms. The number of nitrogens with one attached hydrogen (secondary N) is 2. The molecule has 7 heteroatoms. The van der Waals surface area contributed by atoms with Crippen molar-refractivity contribution in [1.29, 1.82) is 0 Å². The molecule has 0 aliphatic carbocycles. The number of para-hydroxylation sites is 1. The topological polar surface area (TPSA) is 74.8 Å². The van der Waals surface area contributed by atoms with Gasteiger partial charge in [-0.15, -0.1) is 0 Å². The zero-order valence-electron chi connectivity index (χ0n) is 13.2. The number of rotatable bonds is 2. The number of aromatic amines is 1. The minimum absolute atomic E-state index is 0.0684. The number of hydrogen-bond acceptors (Lipinski definition) is 3. The van der Waals surface area contributed by atoms with Gasteiger partial charge in [0.25, 0.3) is 5.91 Å². The summed E-state index contributed by atoms with van der Waals surface area (Å²) in [7, 11) is 0. The molecule has 2 aromatic heterocycles. The van der Waals surface area contributed by atoms with Crippen molar-refractivity contribution in [1.82, 2.24) is 9.97 Å². The van der Waals surface area contributed by atoms with E-state index >= 15 is 0 Å². The summed E-state index contributed by atoms with van der Waals surface area (Å²) in [6.45, 7) is 0. The lowest BCUT2D eigenvalue weighted by atomic mass is 10.1. The number of fused-ring (bicyclic) bond motifs is 2. The second-order valence-corrected chi connectivity index (χ2v) is 6.08. The summed E-state index contributed by atoms with van der Waals surface area (Å²) in [5.41, 5.74) is 0.852. The summed E-state index contributed by atoms with van der Waals surface area (Å²) in [6, 6.07) is 10.5. The lowest BCUT2D eigenvalue weighted by molar-refractivity contribution is 0.102. The lowest BCUT2D eigenvalue weighted by Crippen LogP contribution is -2.22. The molecule has 2 aromatic carbocycles. The van der Waals surface area contributed by atoms with Crippen LogP contribution in [0.3, 0.4) is 0 Å². The summed E-state index contributed by atoms with van der Waals surface area (Å²) in [5, 5.41) is 3.80. The van der Waals surface area contributed by atoms with Crippen LogP contribution in [0.4, 0.5) is 10.1 Å². The average Bonchev–Trinajstić information content (AvgIpc) is 2.63. The van der Waals surface area contributed by atoms with Crippen molar-refractivity contribution in [3.05, 3.63) is 81.5 Å². The Labute approximate surface area is 151 Å². The fourth-order valence-electron chi connectivity index (χ4n) is 2.80. The molecule has 1 amide bonds. The van der Waals surface area contributed by atoms with E-state index in [2.05, 4.69) is 15.3 Å². The number of aromatic nitrogens is 2. The molecule has 0 saturated heterocycles. The van der Waals surface area contributed by atoms with Crippen molar-refractivity contribution >= 4 is 45.0 Å². The van der Waals surface area contributed by atoms with E-state index in [1.165, 1.54) is 30.6 Å². The van der Waals surface area contributed by atoms with Crippen molar-refractivity contribution in [3.8, 4) is 0 Å². The third-order valence-electron chi connectivity index (χ3n) is 4.06. The van der Waals surface area contributed by atoms with Crippen molar-refractivity contribution < 1.29 is 9.18 Å². The van der Waals surface area contributed by atoms with Crippen molar-refractivity contribution in [2.75, 3.05) is 5.32 Å². The van der Waals surface area contributed by atoms with Gasteiger partial charge in [-0.2, -0.15) is 0 Å². The first-order valence-electron chi connectivity index (χ1n) is 7.70. The van der Waals surface area contributed by atoms with Gasteiger partial charge < -0.3 is 10.3 Å². The number of carbonyl (C=O) groups is 1. The van der Waals surface area contributed by atoms with E-state index in [1.54, 1.807) is 24.3 Å². The van der Waals surface area contributed by atoms with Crippen molar-refractivity contribution in [2.45, 2.75) is 0 Å². The van der Waals surface area contributed by atoms with E-state index in [0.29, 0.717) is 32.5 Å². The molecule has 0 radical (unpaired) electrons. The van der Waals surface area contributed by atoms with Gasteiger partial charge >= 0.3 is 0 Å². The Bertz CT molecular complexity index is 1240. The predicted octanol–water partition coefficient (Wildman–Crippen LogP) is 4.12. The molecule has 4 aromatic rings. The summed E-state index contributed by atoms with van der Waals surface area (Å²) in [6.07, 6.45) is 2.82. The fourth-order valence-corrected chi connectivity index (χ4v) is 3.03. The van der Waals surface area contributed by atoms with E-state index in [-0.39, 0.29) is 5.56 Å². The number of halogens is 2. The Morgan fingerprint density at radius 3 is 2.85 bits per heavy atom. The second kappa shape index (κ2) is 6.24. The second-order valence-electron chi connectivity index (χ2n) is 5.67. The number of amides is 1. The quantitative estimate of drug-likeness (QED) is 0.559. The van der Waals surface area contributed by atoms with E-state index < -0.39 is 17.2 Å². The van der Waals surface area contributed by atoms with Crippen LogP contribution >= 0.6 is 11.6 Å². The minimum atomic E-state index is -0.607. The molecule has 128 valence electrons. The van der Waals surface area contributed by atoms with Gasteiger partial charge in [-0.25, -0.2) is 4.39 Å². The van der Waals surface area contributed by atoms with Gasteiger partial charge in [0.2, 0.25) is 5.43 Å². The number of hydrogen-bond donors (Lipinski definition) is 2. The van der Waals surface area contributed by atoms with Gasteiger partial charge in [-0.3, -0.25) is 14.6 Å². The average molecular weight is 368 g/mol. The molecule has 0 saturated carbocycles. The first-order chi connectivity index (χ1) is 12.5. The SMILES string of the molecule is O=C(Nc1ccnc2ccc(F)cc12)c1c[nH]c2c(Cl)cccc2c1=O. The van der Waals surface area contributed by atoms with E-state index in [0.717, 1.165) is 0 Å². The molecule has 0 aliphatic rings. The fraction of sp³-hybridized carbons (Fsp3) is 0. The Hall–Kier alpha value is -3.25. The highest BCUT2D eigenvalue weighted by Crippen LogP contribution is 2.23. The van der Waals surface area contributed by atoms with Crippen LogP contribution in [0.2, 0.25) is 5.02 Å². The number of anilines is 1. The highest BCUT2D eigenvalue weighted by atomic mass is 35.5. The maximum Gasteiger partial charge on any atom is 0.261 e. The summed E-state index contributed by atoms with van der Waals surface area (Å²) in [5.74, 6) is -1.05. The molecule has 0 unspecified atom stereocenters. The standard InChI is InChI=1S/C19H11ClFN3O2/c20-14-3-1-2-11-17(14)23-9-13(18(11)25)19(26)24-16-6-7-22-15-5-4-10(21)8-12(15)16/h1-9H,(H,23,25)(H,22,24,26). The molecule has 2 N–H and O–H groups in total. The molecule has 0 bridgehead atoms. The molecule has 2 heterocycles. The van der Waals surface area contributed by atoms with Gasteiger partial charge in [0.1, 0.15) is 11.4 Å². The first-order valence-corrected chi connectivity index (χ1v) is 8.08. The number of H-pyrrole nitrogens is 1.